The van der Waals surface area contributed by atoms with Gasteiger partial charge < -0.3 is 4.57 Å². The molecule has 0 N–H and O–H groups in total. The second-order valence-corrected chi connectivity index (χ2v) is 6.64. The van der Waals surface area contributed by atoms with Crippen molar-refractivity contribution < 1.29 is 4.79 Å². The summed E-state index contributed by atoms with van der Waals surface area (Å²) < 4.78 is 4.15. The van der Waals surface area contributed by atoms with Crippen LogP contribution < -0.4 is 11.2 Å². The molecule has 0 aliphatic carbocycles. The SMILES string of the molecule is CCCn1c(=O)n(Cc2cccc(Cl)c2)c(=O)c2c1ncn2CC(C)=O. The Kier molecular flexibility index (Phi) is 5.08. The average Bonchev–Trinajstić information content (AvgIpc) is 2.98. The first-order valence-electron chi connectivity index (χ1n) is 8.34. The molecule has 0 spiro atoms. The van der Waals surface area contributed by atoms with Crippen LogP contribution in [0.2, 0.25) is 5.02 Å². The fraction of sp³-hybridized carbons (Fsp3) is 0.333. The summed E-state index contributed by atoms with van der Waals surface area (Å²) in [6.07, 6.45) is 2.15. The van der Waals surface area contributed by atoms with Crippen LogP contribution >= 0.6 is 11.6 Å². The lowest BCUT2D eigenvalue weighted by molar-refractivity contribution is -0.117. The number of fused-ring (bicyclic) bond motifs is 1. The number of nitrogens with zero attached hydrogens (tertiary/aromatic N) is 4. The van der Waals surface area contributed by atoms with E-state index in [1.165, 1.54) is 27.0 Å². The molecule has 2 aromatic heterocycles. The van der Waals surface area contributed by atoms with Gasteiger partial charge in [0.05, 0.1) is 19.4 Å². The van der Waals surface area contributed by atoms with Crippen LogP contribution in [-0.4, -0.2) is 24.5 Å². The monoisotopic (exact) mass is 374 g/mol. The van der Waals surface area contributed by atoms with Crippen molar-refractivity contribution in [1.29, 1.82) is 0 Å². The predicted molar refractivity (Wildman–Crippen MR) is 99.8 cm³/mol. The molecule has 0 saturated carbocycles. The molecule has 0 atom stereocenters. The Labute approximate surface area is 154 Å². The van der Waals surface area contributed by atoms with Gasteiger partial charge in [0.15, 0.2) is 11.2 Å². The minimum absolute atomic E-state index is 0.0350. The Hall–Kier alpha value is -2.67. The van der Waals surface area contributed by atoms with E-state index in [1.807, 2.05) is 6.92 Å². The molecule has 0 fully saturated rings. The normalized spacial score (nSPS) is 11.2. The Balaban J connectivity index is 2.26. The summed E-state index contributed by atoms with van der Waals surface area (Å²) in [6, 6.07) is 7.02. The second kappa shape index (κ2) is 7.29. The van der Waals surface area contributed by atoms with E-state index < -0.39 is 11.2 Å². The molecule has 0 unspecified atom stereocenters. The highest BCUT2D eigenvalue weighted by atomic mass is 35.5. The van der Waals surface area contributed by atoms with Crippen molar-refractivity contribution in [2.24, 2.45) is 0 Å². The van der Waals surface area contributed by atoms with E-state index in [1.54, 1.807) is 24.3 Å². The van der Waals surface area contributed by atoms with Crippen molar-refractivity contribution in [3.05, 3.63) is 62.0 Å². The van der Waals surface area contributed by atoms with E-state index in [0.29, 0.717) is 23.6 Å². The minimum atomic E-state index is -0.462. The Morgan fingerprint density at radius 3 is 2.65 bits per heavy atom. The molecule has 1 aromatic carbocycles. The lowest BCUT2D eigenvalue weighted by atomic mass is 10.2. The number of rotatable bonds is 6. The fourth-order valence-electron chi connectivity index (χ4n) is 2.98. The van der Waals surface area contributed by atoms with Crippen molar-refractivity contribution in [3.8, 4) is 0 Å². The van der Waals surface area contributed by atoms with Crippen LogP contribution in [0.4, 0.5) is 0 Å². The maximum absolute atomic E-state index is 13.0. The van der Waals surface area contributed by atoms with Gasteiger partial charge in [-0.15, -0.1) is 0 Å². The van der Waals surface area contributed by atoms with E-state index in [2.05, 4.69) is 4.98 Å². The minimum Gasteiger partial charge on any atom is -0.317 e. The van der Waals surface area contributed by atoms with Gasteiger partial charge in [-0.25, -0.2) is 9.78 Å². The smallest absolute Gasteiger partial charge is 0.317 e. The summed E-state index contributed by atoms with van der Waals surface area (Å²) in [4.78, 5) is 41.6. The number of imidazole rings is 1. The van der Waals surface area contributed by atoms with Crippen molar-refractivity contribution in [2.45, 2.75) is 39.9 Å². The molecule has 8 heteroatoms. The molecule has 3 aromatic rings. The first-order valence-corrected chi connectivity index (χ1v) is 8.72. The summed E-state index contributed by atoms with van der Waals surface area (Å²) in [5.74, 6) is -0.0988. The van der Waals surface area contributed by atoms with Gasteiger partial charge in [0, 0.05) is 11.6 Å². The molecule has 7 nitrogen and oxygen atoms in total. The maximum atomic E-state index is 13.0. The predicted octanol–water partition coefficient (Wildman–Crippen LogP) is 2.06. The van der Waals surface area contributed by atoms with Crippen molar-refractivity contribution in [2.75, 3.05) is 0 Å². The number of carbonyl (C=O) groups is 1. The van der Waals surface area contributed by atoms with Crippen LogP contribution in [-0.2, 0) is 24.4 Å². The first-order chi connectivity index (χ1) is 12.4. The van der Waals surface area contributed by atoms with E-state index in [9.17, 15) is 14.4 Å². The summed E-state index contributed by atoms with van der Waals surface area (Å²) in [6.45, 7) is 3.95. The van der Waals surface area contributed by atoms with Crippen LogP contribution in [0.25, 0.3) is 11.2 Å². The van der Waals surface area contributed by atoms with Gasteiger partial charge in [-0.2, -0.15) is 0 Å². The van der Waals surface area contributed by atoms with Crippen molar-refractivity contribution in [3.63, 3.8) is 0 Å². The first kappa shape index (κ1) is 18.1. The molecule has 0 saturated heterocycles. The zero-order valence-corrected chi connectivity index (χ0v) is 15.4. The van der Waals surface area contributed by atoms with Gasteiger partial charge in [-0.3, -0.25) is 18.7 Å². The number of halogens is 1. The highest BCUT2D eigenvalue weighted by Gasteiger charge is 2.18. The fourth-order valence-corrected chi connectivity index (χ4v) is 3.19. The molecule has 0 radical (unpaired) electrons. The Morgan fingerprint density at radius 2 is 2.00 bits per heavy atom. The van der Waals surface area contributed by atoms with Gasteiger partial charge in [-0.05, 0) is 31.0 Å². The number of benzene rings is 1. The zero-order valence-electron chi connectivity index (χ0n) is 14.6. The second-order valence-electron chi connectivity index (χ2n) is 6.20. The highest BCUT2D eigenvalue weighted by Crippen LogP contribution is 2.12. The number of carbonyl (C=O) groups excluding carboxylic acids is 1. The van der Waals surface area contributed by atoms with Crippen molar-refractivity contribution in [1.82, 2.24) is 18.7 Å². The van der Waals surface area contributed by atoms with Crippen LogP contribution in [0.5, 0.6) is 0 Å². The number of hydrogen-bond acceptors (Lipinski definition) is 4. The van der Waals surface area contributed by atoms with Gasteiger partial charge in [0.2, 0.25) is 0 Å². The van der Waals surface area contributed by atoms with E-state index in [4.69, 9.17) is 11.6 Å². The zero-order chi connectivity index (χ0) is 18.8. The van der Waals surface area contributed by atoms with Gasteiger partial charge in [0.25, 0.3) is 5.56 Å². The van der Waals surface area contributed by atoms with E-state index >= 15 is 0 Å². The molecule has 0 amide bonds. The van der Waals surface area contributed by atoms with Crippen LogP contribution in [0.1, 0.15) is 25.8 Å². The number of hydrogen-bond donors (Lipinski definition) is 0. The van der Waals surface area contributed by atoms with Crippen LogP contribution in [0.15, 0.2) is 40.2 Å². The number of Topliss-reactive ketones (excluding diaryl/α,β-unsaturated/α-hetero) is 1. The molecule has 0 aliphatic heterocycles. The highest BCUT2D eigenvalue weighted by molar-refractivity contribution is 6.30. The van der Waals surface area contributed by atoms with Crippen LogP contribution in [0.3, 0.4) is 0 Å². The molecular formula is C18H19ClN4O3. The largest absolute Gasteiger partial charge is 0.333 e. The number of aryl methyl sites for hydroxylation is 1. The number of ketones is 1. The number of aromatic nitrogens is 4. The quantitative estimate of drug-likeness (QED) is 0.661. The maximum Gasteiger partial charge on any atom is 0.333 e. The molecule has 136 valence electrons. The van der Waals surface area contributed by atoms with E-state index in [-0.39, 0.29) is 24.4 Å². The van der Waals surface area contributed by atoms with Crippen LogP contribution in [0, 0.1) is 0 Å². The third kappa shape index (κ3) is 3.35. The third-order valence-corrected chi connectivity index (χ3v) is 4.29. The summed E-state index contributed by atoms with van der Waals surface area (Å²) in [7, 11) is 0. The Morgan fingerprint density at radius 1 is 1.23 bits per heavy atom. The standard InChI is InChI=1S/C18H19ClN4O3/c1-3-7-22-16-15(21(11-20-16)9-12(2)24)17(25)23(18(22)26)10-13-5-4-6-14(19)8-13/h4-6,8,11H,3,7,9-10H2,1-2H3. The van der Waals surface area contributed by atoms with Gasteiger partial charge in [0.1, 0.15) is 5.78 Å². The lowest BCUT2D eigenvalue weighted by Gasteiger charge is -2.12. The summed E-state index contributed by atoms with van der Waals surface area (Å²) >= 11 is 6.01. The third-order valence-electron chi connectivity index (χ3n) is 4.05. The average molecular weight is 375 g/mol. The molecule has 0 aliphatic rings. The molecular weight excluding hydrogens is 356 g/mol. The summed E-state index contributed by atoms with van der Waals surface area (Å²) in [5.41, 5.74) is 0.436. The van der Waals surface area contributed by atoms with Gasteiger partial charge in [-0.1, -0.05) is 30.7 Å². The summed E-state index contributed by atoms with van der Waals surface area (Å²) in [5, 5.41) is 0.534. The van der Waals surface area contributed by atoms with E-state index in [0.717, 1.165) is 5.56 Å². The lowest BCUT2D eigenvalue weighted by Crippen LogP contribution is -2.41. The van der Waals surface area contributed by atoms with Gasteiger partial charge >= 0.3 is 5.69 Å². The molecule has 0 bridgehead atoms. The molecule has 2 heterocycles. The van der Waals surface area contributed by atoms with Crippen molar-refractivity contribution >= 4 is 28.5 Å². The molecule has 3 rings (SSSR count). The Bertz CT molecular complexity index is 1090. The molecule has 26 heavy (non-hydrogen) atoms. The topological polar surface area (TPSA) is 78.9 Å².